The van der Waals surface area contributed by atoms with Gasteiger partial charge in [0.25, 0.3) is 0 Å². The van der Waals surface area contributed by atoms with Crippen LogP contribution in [0.5, 0.6) is 0 Å². The first-order valence-electron chi connectivity index (χ1n) is 8.44. The number of hydrogen-bond acceptors (Lipinski definition) is 13. The summed E-state index contributed by atoms with van der Waals surface area (Å²) in [5.74, 6) is 4.01. The molecule has 0 aromatic heterocycles. The lowest BCUT2D eigenvalue weighted by Gasteiger charge is -2.46. The van der Waals surface area contributed by atoms with E-state index in [2.05, 4.69) is 10.2 Å². The Labute approximate surface area is 158 Å². The van der Waals surface area contributed by atoms with Gasteiger partial charge < -0.3 is 55.3 Å². The molecule has 0 radical (unpaired) electrons. The molecule has 2 aliphatic heterocycles. The molecule has 14 nitrogen and oxygen atoms in total. The summed E-state index contributed by atoms with van der Waals surface area (Å²) in [5.41, 5.74) is 0. The monoisotopic (exact) mass is 414 g/mol. The molecular formula is C14H26N2O12. The summed E-state index contributed by atoms with van der Waals surface area (Å²) in [4.78, 5) is 15.7. The molecule has 2 heterocycles. The highest BCUT2D eigenvalue weighted by Gasteiger charge is 2.50. The van der Waals surface area contributed by atoms with Gasteiger partial charge in [-0.05, 0) is 0 Å². The molecule has 0 aromatic carbocycles. The molecule has 0 spiro atoms. The summed E-state index contributed by atoms with van der Waals surface area (Å²) in [6.07, 6.45) is -15.6. The van der Waals surface area contributed by atoms with E-state index in [0.29, 0.717) is 0 Å². The van der Waals surface area contributed by atoms with Crippen molar-refractivity contribution < 1.29 is 59.6 Å². The fourth-order valence-electron chi connectivity index (χ4n) is 2.98. The van der Waals surface area contributed by atoms with Gasteiger partial charge in [0.1, 0.15) is 55.4 Å². The molecule has 2 fully saturated rings. The molecule has 2 rings (SSSR count). The maximum absolute atomic E-state index is 11.5. The van der Waals surface area contributed by atoms with Crippen molar-refractivity contribution in [3.05, 3.63) is 0 Å². The van der Waals surface area contributed by atoms with E-state index in [4.69, 9.17) is 20.1 Å². The minimum Gasteiger partial charge on any atom is -0.394 e. The fraction of sp³-hybridized carbons (Fsp3) is 0.929. The summed E-state index contributed by atoms with van der Waals surface area (Å²) < 4.78 is 15.9. The van der Waals surface area contributed by atoms with Crippen molar-refractivity contribution in [2.75, 3.05) is 19.8 Å². The number of ether oxygens (including phenoxy) is 3. The second-order valence-electron chi connectivity index (χ2n) is 6.44. The van der Waals surface area contributed by atoms with Crippen LogP contribution >= 0.6 is 0 Å². The minimum atomic E-state index is -1.76. The average Bonchev–Trinajstić information content (AvgIpc) is 2.67. The summed E-state index contributed by atoms with van der Waals surface area (Å²) in [5, 5.41) is 71.0. The van der Waals surface area contributed by atoms with Crippen LogP contribution in [0.25, 0.3) is 0 Å². The Bertz CT molecular complexity index is 509. The quantitative estimate of drug-likeness (QED) is 0.177. The Morgan fingerprint density at radius 1 is 0.893 bits per heavy atom. The molecule has 0 aromatic rings. The van der Waals surface area contributed by atoms with Gasteiger partial charge in [0.15, 0.2) is 12.5 Å². The predicted molar refractivity (Wildman–Crippen MR) is 84.7 cm³/mol. The van der Waals surface area contributed by atoms with E-state index < -0.39 is 87.1 Å². The van der Waals surface area contributed by atoms with Gasteiger partial charge in [-0.1, -0.05) is 0 Å². The molecule has 7 unspecified atom stereocenters. The lowest BCUT2D eigenvalue weighted by atomic mass is 9.96. The van der Waals surface area contributed by atoms with Crippen molar-refractivity contribution in [1.29, 1.82) is 0 Å². The van der Waals surface area contributed by atoms with Crippen molar-refractivity contribution in [2.45, 2.75) is 61.3 Å². The van der Waals surface area contributed by atoms with Crippen molar-refractivity contribution >= 4 is 5.91 Å². The second kappa shape index (κ2) is 10.1. The van der Waals surface area contributed by atoms with E-state index in [1.54, 1.807) is 0 Å². The zero-order valence-electron chi connectivity index (χ0n) is 14.6. The standard InChI is InChI=1S/C14H26N2O12/c15-25-3-6(19)16-13-10(23)9(22)12(5(2-18)26-13)28-14-11(24)8(21)7(20)4(1-17)27-14/h4-5,7-14,17-18,20-24H,1-3,15H2,(H,16,19)/t4?,5?,7?,8?,9?,10?,11?,12-,13-,14+/m1/s1. The van der Waals surface area contributed by atoms with Crippen molar-refractivity contribution in [3.8, 4) is 0 Å². The average molecular weight is 414 g/mol. The highest BCUT2D eigenvalue weighted by Crippen LogP contribution is 2.28. The molecule has 0 saturated carbocycles. The first-order valence-corrected chi connectivity index (χ1v) is 8.44. The molecule has 2 saturated heterocycles. The number of nitrogens with two attached hydrogens (primary N) is 1. The van der Waals surface area contributed by atoms with E-state index >= 15 is 0 Å². The summed E-state index contributed by atoms with van der Waals surface area (Å²) in [6, 6.07) is 0. The fourth-order valence-corrected chi connectivity index (χ4v) is 2.98. The van der Waals surface area contributed by atoms with Gasteiger partial charge in [0, 0.05) is 0 Å². The van der Waals surface area contributed by atoms with E-state index in [1.807, 2.05) is 0 Å². The topological polar surface area (TPSA) is 234 Å². The third-order valence-corrected chi connectivity index (χ3v) is 4.52. The van der Waals surface area contributed by atoms with E-state index in [0.717, 1.165) is 0 Å². The predicted octanol–water partition coefficient (Wildman–Crippen LogP) is -6.38. The van der Waals surface area contributed by atoms with Gasteiger partial charge in [-0.2, -0.15) is 0 Å². The van der Waals surface area contributed by atoms with Crippen LogP contribution in [0.3, 0.4) is 0 Å². The highest BCUT2D eigenvalue weighted by atomic mass is 16.7. The molecule has 14 heteroatoms. The Balaban J connectivity index is 2.09. The molecule has 0 aliphatic carbocycles. The summed E-state index contributed by atoms with van der Waals surface area (Å²) in [6.45, 7) is -1.96. The van der Waals surface area contributed by atoms with Gasteiger partial charge in [-0.15, -0.1) is 0 Å². The van der Waals surface area contributed by atoms with Crippen molar-refractivity contribution in [3.63, 3.8) is 0 Å². The van der Waals surface area contributed by atoms with Crippen molar-refractivity contribution in [1.82, 2.24) is 5.32 Å². The third kappa shape index (κ3) is 4.93. The number of aliphatic hydroxyl groups is 7. The summed E-state index contributed by atoms with van der Waals surface area (Å²) >= 11 is 0. The molecule has 10 atom stereocenters. The number of hydrogen-bond donors (Lipinski definition) is 9. The highest BCUT2D eigenvalue weighted by molar-refractivity contribution is 5.77. The van der Waals surface area contributed by atoms with Crippen LogP contribution in [0, 0.1) is 0 Å². The lowest BCUT2D eigenvalue weighted by Crippen LogP contribution is -2.66. The minimum absolute atomic E-state index is 0.544. The number of amides is 1. The summed E-state index contributed by atoms with van der Waals surface area (Å²) in [7, 11) is 0. The van der Waals surface area contributed by atoms with Crippen LogP contribution < -0.4 is 11.2 Å². The van der Waals surface area contributed by atoms with Crippen molar-refractivity contribution in [2.24, 2.45) is 5.90 Å². The number of carbonyl (C=O) groups excluding carboxylic acids is 1. The Morgan fingerprint density at radius 2 is 1.54 bits per heavy atom. The lowest BCUT2D eigenvalue weighted by molar-refractivity contribution is -0.343. The smallest absolute Gasteiger partial charge is 0.250 e. The molecule has 2 aliphatic rings. The zero-order chi connectivity index (χ0) is 21.0. The Kier molecular flexibility index (Phi) is 8.44. The van der Waals surface area contributed by atoms with Gasteiger partial charge in [0.05, 0.1) is 13.2 Å². The van der Waals surface area contributed by atoms with Crippen LogP contribution in [-0.4, -0.2) is 123 Å². The Morgan fingerprint density at radius 3 is 2.11 bits per heavy atom. The molecule has 0 bridgehead atoms. The van der Waals surface area contributed by atoms with E-state index in [1.165, 1.54) is 0 Å². The maximum atomic E-state index is 11.5. The molecular weight excluding hydrogens is 388 g/mol. The second-order valence-corrected chi connectivity index (χ2v) is 6.44. The van der Waals surface area contributed by atoms with Crippen LogP contribution in [0.15, 0.2) is 0 Å². The normalized spacial score (nSPS) is 44.3. The van der Waals surface area contributed by atoms with Gasteiger partial charge in [-0.3, -0.25) is 9.63 Å². The van der Waals surface area contributed by atoms with Gasteiger partial charge in [-0.25, -0.2) is 5.90 Å². The number of carbonyl (C=O) groups is 1. The number of aliphatic hydroxyl groups excluding tert-OH is 7. The number of nitrogens with one attached hydrogen (secondary N) is 1. The third-order valence-electron chi connectivity index (χ3n) is 4.52. The molecule has 1 amide bonds. The van der Waals surface area contributed by atoms with E-state index in [9.17, 15) is 40.5 Å². The van der Waals surface area contributed by atoms with Gasteiger partial charge >= 0.3 is 0 Å². The zero-order valence-corrected chi connectivity index (χ0v) is 14.6. The first-order chi connectivity index (χ1) is 13.2. The molecule has 10 N–H and O–H groups in total. The largest absolute Gasteiger partial charge is 0.394 e. The van der Waals surface area contributed by atoms with E-state index in [-0.39, 0.29) is 0 Å². The molecule has 28 heavy (non-hydrogen) atoms. The molecule has 164 valence electrons. The van der Waals surface area contributed by atoms with Crippen LogP contribution in [0.4, 0.5) is 0 Å². The van der Waals surface area contributed by atoms with Crippen LogP contribution in [0.1, 0.15) is 0 Å². The van der Waals surface area contributed by atoms with Crippen LogP contribution in [0.2, 0.25) is 0 Å². The first kappa shape index (κ1) is 23.3. The van der Waals surface area contributed by atoms with Crippen LogP contribution in [-0.2, 0) is 23.8 Å². The maximum Gasteiger partial charge on any atom is 0.250 e. The number of rotatable bonds is 7. The Hall–Kier alpha value is -1.01. The SMILES string of the molecule is NOCC(=O)N[C@@H]1OC(CO)[C@@H](O[C@@H]2OC(CO)C(O)C(O)C2O)C(O)C1O. The van der Waals surface area contributed by atoms with Gasteiger partial charge in [0.2, 0.25) is 5.91 Å².